The molecule has 0 amide bonds. The number of ether oxygens (including phenoxy) is 1. The van der Waals surface area contributed by atoms with Gasteiger partial charge in [0.2, 0.25) is 5.52 Å². The average molecular weight is 189 g/mol. The van der Waals surface area contributed by atoms with E-state index in [-0.39, 0.29) is 0 Å². The second-order valence-corrected chi connectivity index (χ2v) is 3.17. The summed E-state index contributed by atoms with van der Waals surface area (Å²) in [6, 6.07) is 9.14. The van der Waals surface area contributed by atoms with E-state index in [0.717, 1.165) is 15.9 Å². The summed E-state index contributed by atoms with van der Waals surface area (Å²) >= 11 is 0. The highest BCUT2D eigenvalue weighted by atomic mass is 16.5. The fraction of sp³-hybridized carbons (Fsp3) is 0.182. The minimum absolute atomic E-state index is 0.639. The molecule has 2 aromatic rings. The zero-order valence-corrected chi connectivity index (χ0v) is 8.15. The van der Waals surface area contributed by atoms with Gasteiger partial charge in [0.15, 0.2) is 5.69 Å². The Balaban J connectivity index is 2.89. The van der Waals surface area contributed by atoms with Crippen molar-refractivity contribution >= 4 is 10.9 Å². The summed E-state index contributed by atoms with van der Waals surface area (Å²) < 4.78 is 6.13. The molecule has 0 fully saturated rings. The average Bonchev–Trinajstić information content (AvgIpc) is 2.23. The number of pyridine rings is 1. The minimum Gasteiger partial charge on any atom is -0.618 e. The molecule has 0 unspecified atom stereocenters. The first kappa shape index (κ1) is 8.81. The number of rotatable bonds is 1. The van der Waals surface area contributed by atoms with Gasteiger partial charge in [0.05, 0.1) is 12.5 Å². The molecular weight excluding hydrogens is 178 g/mol. The van der Waals surface area contributed by atoms with Crippen molar-refractivity contribution in [2.24, 2.45) is 0 Å². The lowest BCUT2D eigenvalue weighted by atomic mass is 10.2. The van der Waals surface area contributed by atoms with Crippen LogP contribution >= 0.6 is 0 Å². The van der Waals surface area contributed by atoms with Gasteiger partial charge in [-0.05, 0) is 6.07 Å². The Morgan fingerprint density at radius 3 is 2.71 bits per heavy atom. The lowest BCUT2D eigenvalue weighted by Gasteiger charge is -2.08. The molecule has 0 saturated heterocycles. The topological polar surface area (TPSA) is 36.2 Å². The van der Waals surface area contributed by atoms with Crippen molar-refractivity contribution in [2.45, 2.75) is 6.92 Å². The number of aryl methyl sites for hydroxylation is 1. The molecule has 0 N–H and O–H groups in total. The summed E-state index contributed by atoms with van der Waals surface area (Å²) in [5.74, 6) is 0.741. The van der Waals surface area contributed by atoms with Gasteiger partial charge in [-0.25, -0.2) is 0 Å². The summed E-state index contributed by atoms with van der Waals surface area (Å²) in [6.45, 7) is 1.77. The summed E-state index contributed by atoms with van der Waals surface area (Å²) in [4.78, 5) is 0. The molecule has 3 heteroatoms. The van der Waals surface area contributed by atoms with E-state index >= 15 is 0 Å². The zero-order valence-electron chi connectivity index (χ0n) is 8.15. The molecule has 0 aliphatic rings. The smallest absolute Gasteiger partial charge is 0.227 e. The van der Waals surface area contributed by atoms with Gasteiger partial charge in [-0.2, -0.15) is 4.73 Å². The quantitative estimate of drug-likeness (QED) is 0.506. The highest BCUT2D eigenvalue weighted by Crippen LogP contribution is 2.23. The van der Waals surface area contributed by atoms with E-state index in [1.54, 1.807) is 26.2 Å². The second-order valence-electron chi connectivity index (χ2n) is 3.17. The molecule has 1 heterocycles. The number of para-hydroxylation sites is 1. The normalized spacial score (nSPS) is 10.4. The molecular formula is C11H11NO2. The maximum atomic E-state index is 11.7. The molecule has 0 aliphatic carbocycles. The van der Waals surface area contributed by atoms with Crippen LogP contribution in [0, 0.1) is 12.1 Å². The minimum atomic E-state index is 0.639. The van der Waals surface area contributed by atoms with Gasteiger partial charge in [0.1, 0.15) is 5.75 Å². The number of methoxy groups -OCH3 is 1. The van der Waals surface area contributed by atoms with Gasteiger partial charge < -0.3 is 9.94 Å². The van der Waals surface area contributed by atoms with Crippen LogP contribution in [0.4, 0.5) is 0 Å². The van der Waals surface area contributed by atoms with Gasteiger partial charge in [-0.15, -0.1) is 0 Å². The maximum absolute atomic E-state index is 11.7. The van der Waals surface area contributed by atoms with Gasteiger partial charge in [0, 0.05) is 19.1 Å². The Hall–Kier alpha value is -1.77. The van der Waals surface area contributed by atoms with E-state index in [2.05, 4.69) is 0 Å². The largest absolute Gasteiger partial charge is 0.618 e. The fourth-order valence-electron chi connectivity index (χ4n) is 1.54. The number of benzene rings is 1. The van der Waals surface area contributed by atoms with Crippen molar-refractivity contribution in [3.05, 3.63) is 41.2 Å². The molecule has 1 aromatic heterocycles. The molecule has 0 bridgehead atoms. The van der Waals surface area contributed by atoms with Crippen LogP contribution in [0.2, 0.25) is 0 Å². The predicted octanol–water partition coefficient (Wildman–Crippen LogP) is 1.79. The summed E-state index contributed by atoms with van der Waals surface area (Å²) in [7, 11) is 1.61. The van der Waals surface area contributed by atoms with Crippen LogP contribution in [-0.4, -0.2) is 7.11 Å². The molecule has 1 aromatic carbocycles. The fourth-order valence-corrected chi connectivity index (χ4v) is 1.54. The molecule has 0 saturated carbocycles. The Bertz CT molecular complexity index is 480. The standard InChI is InChI=1S/C11H11NO2/c1-8-7-11(14-2)9-5-3-4-6-10(9)12(8)13/h3-7H,1-2H3. The Morgan fingerprint density at radius 1 is 1.29 bits per heavy atom. The lowest BCUT2D eigenvalue weighted by Crippen LogP contribution is -2.30. The van der Waals surface area contributed by atoms with Crippen molar-refractivity contribution < 1.29 is 9.47 Å². The van der Waals surface area contributed by atoms with Crippen LogP contribution < -0.4 is 9.47 Å². The number of hydrogen-bond donors (Lipinski definition) is 0. The van der Waals surface area contributed by atoms with E-state index in [9.17, 15) is 5.21 Å². The van der Waals surface area contributed by atoms with Gasteiger partial charge >= 0.3 is 0 Å². The molecule has 14 heavy (non-hydrogen) atoms. The molecule has 72 valence electrons. The van der Waals surface area contributed by atoms with E-state index in [1.807, 2.05) is 18.2 Å². The highest BCUT2D eigenvalue weighted by Gasteiger charge is 2.11. The summed E-state index contributed by atoms with van der Waals surface area (Å²) in [6.07, 6.45) is 0. The molecule has 0 aliphatic heterocycles. The molecule has 0 radical (unpaired) electrons. The molecule has 0 atom stereocenters. The van der Waals surface area contributed by atoms with Gasteiger partial charge in [-0.3, -0.25) is 0 Å². The Labute approximate surface area is 82.1 Å². The van der Waals surface area contributed by atoms with Gasteiger partial charge in [-0.1, -0.05) is 12.1 Å². The lowest BCUT2D eigenvalue weighted by molar-refractivity contribution is -0.584. The SMILES string of the molecule is COc1cc(C)[n+]([O-])c2ccccc12. The first-order valence-corrected chi connectivity index (χ1v) is 4.40. The third kappa shape index (κ3) is 1.18. The third-order valence-corrected chi connectivity index (χ3v) is 2.27. The highest BCUT2D eigenvalue weighted by molar-refractivity contribution is 5.82. The summed E-state index contributed by atoms with van der Waals surface area (Å²) in [5, 5.41) is 12.5. The molecule has 3 nitrogen and oxygen atoms in total. The number of hydrogen-bond acceptors (Lipinski definition) is 2. The molecule has 2 rings (SSSR count). The van der Waals surface area contributed by atoms with Crippen molar-refractivity contribution in [3.63, 3.8) is 0 Å². The third-order valence-electron chi connectivity index (χ3n) is 2.27. The number of aromatic nitrogens is 1. The van der Waals surface area contributed by atoms with Crippen LogP contribution in [-0.2, 0) is 0 Å². The van der Waals surface area contributed by atoms with Crippen LogP contribution in [0.25, 0.3) is 10.9 Å². The van der Waals surface area contributed by atoms with Crippen LogP contribution in [0.1, 0.15) is 5.69 Å². The molecule has 0 spiro atoms. The van der Waals surface area contributed by atoms with Crippen LogP contribution in [0.15, 0.2) is 30.3 Å². The van der Waals surface area contributed by atoms with Crippen LogP contribution in [0.5, 0.6) is 5.75 Å². The number of nitrogens with zero attached hydrogens (tertiary/aromatic N) is 1. The maximum Gasteiger partial charge on any atom is 0.227 e. The second kappa shape index (κ2) is 3.18. The van der Waals surface area contributed by atoms with E-state index < -0.39 is 0 Å². The Kier molecular flexibility index (Phi) is 2.00. The first-order chi connectivity index (χ1) is 6.74. The van der Waals surface area contributed by atoms with E-state index in [1.165, 1.54) is 0 Å². The first-order valence-electron chi connectivity index (χ1n) is 4.40. The van der Waals surface area contributed by atoms with Crippen LogP contribution in [0.3, 0.4) is 0 Å². The zero-order chi connectivity index (χ0) is 10.1. The number of fused-ring (bicyclic) bond motifs is 1. The van der Waals surface area contributed by atoms with Crippen molar-refractivity contribution in [1.29, 1.82) is 0 Å². The predicted molar refractivity (Wildman–Crippen MR) is 54.2 cm³/mol. The van der Waals surface area contributed by atoms with Crippen molar-refractivity contribution in [2.75, 3.05) is 7.11 Å². The van der Waals surface area contributed by atoms with E-state index in [4.69, 9.17) is 4.74 Å². The monoisotopic (exact) mass is 189 g/mol. The van der Waals surface area contributed by atoms with Gasteiger partial charge in [0.25, 0.3) is 0 Å². The summed E-state index contributed by atoms with van der Waals surface area (Å²) in [5.41, 5.74) is 1.28. The van der Waals surface area contributed by atoms with Crippen molar-refractivity contribution in [1.82, 2.24) is 0 Å². The van der Waals surface area contributed by atoms with Crippen molar-refractivity contribution in [3.8, 4) is 5.75 Å². The Morgan fingerprint density at radius 2 is 2.00 bits per heavy atom. The van der Waals surface area contributed by atoms with E-state index in [0.29, 0.717) is 11.2 Å².